The number of methoxy groups -OCH3 is 1. The zero-order valence-electron chi connectivity index (χ0n) is 13.2. The summed E-state index contributed by atoms with van der Waals surface area (Å²) in [6.45, 7) is 0. The van der Waals surface area contributed by atoms with E-state index in [0.29, 0.717) is 11.5 Å². The lowest BCUT2D eigenvalue weighted by atomic mass is 10.0. The second-order valence-corrected chi connectivity index (χ2v) is 6.80. The van der Waals surface area contributed by atoms with Gasteiger partial charge in [0.05, 0.1) is 13.2 Å². The standard InChI is InChI=1S/C19H21BrO3/c1-22-17-11-8-14(12-18(17)23-16-4-2-3-5-16)19(21)13-6-9-15(20)10-7-13/h6-12,16,19,21H,2-5H2,1H3. The van der Waals surface area contributed by atoms with Crippen molar-refractivity contribution in [2.24, 2.45) is 0 Å². The Labute approximate surface area is 145 Å². The maximum Gasteiger partial charge on any atom is 0.161 e. The van der Waals surface area contributed by atoms with Crippen LogP contribution in [0.2, 0.25) is 0 Å². The molecular formula is C19H21BrO3. The zero-order valence-corrected chi connectivity index (χ0v) is 14.8. The molecule has 0 aromatic heterocycles. The molecule has 23 heavy (non-hydrogen) atoms. The van der Waals surface area contributed by atoms with Gasteiger partial charge in [-0.3, -0.25) is 0 Å². The number of rotatable bonds is 5. The molecule has 122 valence electrons. The van der Waals surface area contributed by atoms with Crippen molar-refractivity contribution in [1.82, 2.24) is 0 Å². The van der Waals surface area contributed by atoms with Crippen LogP contribution in [0.3, 0.4) is 0 Å². The van der Waals surface area contributed by atoms with Gasteiger partial charge >= 0.3 is 0 Å². The Balaban J connectivity index is 1.85. The van der Waals surface area contributed by atoms with E-state index in [9.17, 15) is 5.11 Å². The van der Waals surface area contributed by atoms with Crippen molar-refractivity contribution in [2.45, 2.75) is 37.9 Å². The van der Waals surface area contributed by atoms with E-state index in [2.05, 4.69) is 15.9 Å². The Morgan fingerprint density at radius 2 is 1.65 bits per heavy atom. The van der Waals surface area contributed by atoms with Crippen LogP contribution in [0, 0.1) is 0 Å². The first kappa shape index (κ1) is 16.3. The second kappa shape index (κ2) is 7.37. The molecule has 1 atom stereocenters. The Morgan fingerprint density at radius 1 is 1.00 bits per heavy atom. The molecule has 2 aromatic rings. The van der Waals surface area contributed by atoms with Gasteiger partial charge in [-0.25, -0.2) is 0 Å². The van der Waals surface area contributed by atoms with Crippen LogP contribution in [0.1, 0.15) is 42.9 Å². The third-order valence-electron chi connectivity index (χ3n) is 4.28. The van der Waals surface area contributed by atoms with Crippen LogP contribution in [0.25, 0.3) is 0 Å². The predicted molar refractivity (Wildman–Crippen MR) is 94.1 cm³/mol. The molecule has 0 bridgehead atoms. The Hall–Kier alpha value is -1.52. The summed E-state index contributed by atoms with van der Waals surface area (Å²) in [5.41, 5.74) is 1.66. The minimum Gasteiger partial charge on any atom is -0.493 e. The van der Waals surface area contributed by atoms with Gasteiger partial charge in [-0.1, -0.05) is 34.1 Å². The predicted octanol–water partition coefficient (Wildman–Crippen LogP) is 4.86. The largest absolute Gasteiger partial charge is 0.493 e. The smallest absolute Gasteiger partial charge is 0.161 e. The van der Waals surface area contributed by atoms with E-state index in [0.717, 1.165) is 28.4 Å². The number of halogens is 1. The summed E-state index contributed by atoms with van der Waals surface area (Å²) >= 11 is 3.41. The highest BCUT2D eigenvalue weighted by atomic mass is 79.9. The average Bonchev–Trinajstić information content (AvgIpc) is 3.08. The lowest BCUT2D eigenvalue weighted by Gasteiger charge is -2.18. The minimum atomic E-state index is -0.681. The van der Waals surface area contributed by atoms with E-state index < -0.39 is 6.10 Å². The molecule has 3 nitrogen and oxygen atoms in total. The first-order valence-corrected chi connectivity index (χ1v) is 8.75. The van der Waals surface area contributed by atoms with Gasteiger partial charge in [0.15, 0.2) is 11.5 Å². The Bertz CT molecular complexity index is 648. The summed E-state index contributed by atoms with van der Waals surface area (Å²) in [7, 11) is 1.64. The summed E-state index contributed by atoms with van der Waals surface area (Å²) in [6, 6.07) is 13.3. The lowest BCUT2D eigenvalue weighted by molar-refractivity contribution is 0.196. The monoisotopic (exact) mass is 376 g/mol. The summed E-state index contributed by atoms with van der Waals surface area (Å²) in [5, 5.41) is 10.6. The molecule has 1 aliphatic rings. The van der Waals surface area contributed by atoms with Gasteiger partial charge < -0.3 is 14.6 Å². The Morgan fingerprint density at radius 3 is 2.30 bits per heavy atom. The van der Waals surface area contributed by atoms with Gasteiger partial charge in [0, 0.05) is 4.47 Å². The molecule has 1 aliphatic carbocycles. The van der Waals surface area contributed by atoms with Crippen LogP contribution in [0.5, 0.6) is 11.5 Å². The molecule has 1 unspecified atom stereocenters. The van der Waals surface area contributed by atoms with Crippen molar-refractivity contribution in [2.75, 3.05) is 7.11 Å². The van der Waals surface area contributed by atoms with E-state index in [1.807, 2.05) is 42.5 Å². The van der Waals surface area contributed by atoms with E-state index in [4.69, 9.17) is 9.47 Å². The molecule has 1 saturated carbocycles. The highest BCUT2D eigenvalue weighted by Crippen LogP contribution is 2.35. The highest BCUT2D eigenvalue weighted by molar-refractivity contribution is 9.10. The van der Waals surface area contributed by atoms with Crippen molar-refractivity contribution in [3.63, 3.8) is 0 Å². The van der Waals surface area contributed by atoms with Gasteiger partial charge in [0.25, 0.3) is 0 Å². The lowest BCUT2D eigenvalue weighted by Crippen LogP contribution is -2.12. The molecule has 0 aliphatic heterocycles. The fourth-order valence-corrected chi connectivity index (χ4v) is 3.24. The van der Waals surface area contributed by atoms with Gasteiger partial charge in [-0.05, 0) is 61.1 Å². The fraction of sp³-hybridized carbons (Fsp3) is 0.368. The van der Waals surface area contributed by atoms with Gasteiger partial charge in [0.2, 0.25) is 0 Å². The minimum absolute atomic E-state index is 0.254. The first-order chi connectivity index (χ1) is 11.2. The van der Waals surface area contributed by atoms with E-state index in [1.54, 1.807) is 7.11 Å². The van der Waals surface area contributed by atoms with Crippen LogP contribution in [0.15, 0.2) is 46.9 Å². The molecule has 0 saturated heterocycles. The molecule has 2 aromatic carbocycles. The van der Waals surface area contributed by atoms with E-state index in [1.165, 1.54) is 12.8 Å². The number of aliphatic hydroxyl groups excluding tert-OH is 1. The number of aliphatic hydroxyl groups is 1. The van der Waals surface area contributed by atoms with Crippen molar-refractivity contribution in [3.05, 3.63) is 58.1 Å². The molecule has 0 heterocycles. The van der Waals surface area contributed by atoms with E-state index >= 15 is 0 Å². The molecule has 4 heteroatoms. The van der Waals surface area contributed by atoms with Crippen molar-refractivity contribution >= 4 is 15.9 Å². The maximum atomic E-state index is 10.6. The van der Waals surface area contributed by atoms with Crippen LogP contribution in [-0.2, 0) is 0 Å². The molecule has 1 N–H and O–H groups in total. The molecule has 3 rings (SSSR count). The Kier molecular flexibility index (Phi) is 5.23. The van der Waals surface area contributed by atoms with Gasteiger partial charge in [-0.15, -0.1) is 0 Å². The van der Waals surface area contributed by atoms with Crippen molar-refractivity contribution in [1.29, 1.82) is 0 Å². The SMILES string of the molecule is COc1ccc(C(O)c2ccc(Br)cc2)cc1OC1CCCC1. The summed E-state index contributed by atoms with van der Waals surface area (Å²) in [6.07, 6.45) is 4.18. The van der Waals surface area contributed by atoms with Crippen LogP contribution < -0.4 is 9.47 Å². The number of benzene rings is 2. The fourth-order valence-electron chi connectivity index (χ4n) is 2.98. The summed E-state index contributed by atoms with van der Waals surface area (Å²) in [5.74, 6) is 1.43. The van der Waals surface area contributed by atoms with Crippen LogP contribution >= 0.6 is 15.9 Å². The third-order valence-corrected chi connectivity index (χ3v) is 4.81. The molecule has 0 amide bonds. The first-order valence-electron chi connectivity index (χ1n) is 7.95. The number of hydrogen-bond donors (Lipinski definition) is 1. The van der Waals surface area contributed by atoms with Crippen LogP contribution in [-0.4, -0.2) is 18.3 Å². The van der Waals surface area contributed by atoms with E-state index in [-0.39, 0.29) is 6.10 Å². The van der Waals surface area contributed by atoms with Crippen molar-refractivity contribution < 1.29 is 14.6 Å². The molecule has 0 radical (unpaired) electrons. The molecule has 1 fully saturated rings. The van der Waals surface area contributed by atoms with Gasteiger partial charge in [-0.2, -0.15) is 0 Å². The highest BCUT2D eigenvalue weighted by Gasteiger charge is 2.20. The molecular weight excluding hydrogens is 356 g/mol. The summed E-state index contributed by atoms with van der Waals surface area (Å²) < 4.78 is 12.5. The normalized spacial score (nSPS) is 16.3. The second-order valence-electron chi connectivity index (χ2n) is 5.89. The summed E-state index contributed by atoms with van der Waals surface area (Å²) in [4.78, 5) is 0. The zero-order chi connectivity index (χ0) is 16.2. The van der Waals surface area contributed by atoms with Crippen molar-refractivity contribution in [3.8, 4) is 11.5 Å². The maximum absolute atomic E-state index is 10.6. The van der Waals surface area contributed by atoms with Gasteiger partial charge in [0.1, 0.15) is 6.10 Å². The third kappa shape index (κ3) is 3.88. The quantitative estimate of drug-likeness (QED) is 0.809. The average molecular weight is 377 g/mol. The number of hydrogen-bond acceptors (Lipinski definition) is 3. The topological polar surface area (TPSA) is 38.7 Å². The van der Waals surface area contributed by atoms with Crippen LogP contribution in [0.4, 0.5) is 0 Å². The number of ether oxygens (including phenoxy) is 2. The molecule has 0 spiro atoms.